The minimum Gasteiger partial charge on any atom is -0.391 e. The summed E-state index contributed by atoms with van der Waals surface area (Å²) in [7, 11) is 0. The quantitative estimate of drug-likeness (QED) is 0.441. The van der Waals surface area contributed by atoms with Crippen molar-refractivity contribution in [2.24, 2.45) is 5.41 Å². The van der Waals surface area contributed by atoms with Crippen molar-refractivity contribution in [3.8, 4) is 10.4 Å². The smallest absolute Gasteiger partial charge is 0.258 e. The van der Waals surface area contributed by atoms with Crippen molar-refractivity contribution >= 4 is 29.1 Å². The summed E-state index contributed by atoms with van der Waals surface area (Å²) in [5.74, 6) is -1.18. The normalized spacial score (nSPS) is 23.4. The standard InChI is InChI=1S/C30H39FN4O4S/c1-16(21-9-8-19(12-22(21)18-6-7-18)24-17(2)32-15-40-24)33-26(37)23-13-20(36)14-35(23)27(38)25(29(3,4)5)34-28(39)30(31)10-11-30/h8-9,12,15-16,18,20,23,25,36H,6-7,10-11,13-14H2,1-5H3,(H,33,37)(H,34,39)/t16-,20-,23+,25-/m1/s1. The average Bonchev–Trinajstić information content (AvgIpc) is 3.80. The molecule has 8 nitrogen and oxygen atoms in total. The Hall–Kier alpha value is -2.85. The summed E-state index contributed by atoms with van der Waals surface area (Å²) < 4.78 is 14.4. The number of hydrogen-bond acceptors (Lipinski definition) is 6. The van der Waals surface area contributed by atoms with E-state index in [-0.39, 0.29) is 37.8 Å². The molecule has 1 aliphatic heterocycles. The molecular formula is C30H39FN4O4S. The van der Waals surface area contributed by atoms with Gasteiger partial charge in [-0.05, 0) is 73.6 Å². The number of thiazole rings is 1. The lowest BCUT2D eigenvalue weighted by Gasteiger charge is -2.36. The molecule has 0 radical (unpaired) electrons. The Kier molecular flexibility index (Phi) is 7.54. The molecule has 216 valence electrons. The van der Waals surface area contributed by atoms with Gasteiger partial charge in [-0.25, -0.2) is 9.37 Å². The van der Waals surface area contributed by atoms with Crippen LogP contribution in [0.1, 0.15) is 88.6 Å². The molecule has 2 aliphatic carbocycles. The maximum absolute atomic E-state index is 14.4. The second-order valence-corrected chi connectivity index (χ2v) is 13.6. The number of carbonyl (C=O) groups excluding carboxylic acids is 3. The van der Waals surface area contributed by atoms with Crippen LogP contribution in [0.5, 0.6) is 0 Å². The van der Waals surface area contributed by atoms with Crippen molar-refractivity contribution in [1.82, 2.24) is 20.5 Å². The highest BCUT2D eigenvalue weighted by atomic mass is 32.1. The lowest BCUT2D eigenvalue weighted by Crippen LogP contribution is -2.59. The number of aromatic nitrogens is 1. The first-order chi connectivity index (χ1) is 18.8. The molecule has 1 aromatic heterocycles. The van der Waals surface area contributed by atoms with Crippen LogP contribution in [-0.2, 0) is 14.4 Å². The number of rotatable bonds is 8. The Bertz CT molecular complexity index is 1310. The van der Waals surface area contributed by atoms with Crippen molar-refractivity contribution in [1.29, 1.82) is 0 Å². The summed E-state index contributed by atoms with van der Waals surface area (Å²) in [6.45, 7) is 9.27. The molecule has 0 bridgehead atoms. The van der Waals surface area contributed by atoms with Gasteiger partial charge in [0.25, 0.3) is 5.91 Å². The molecule has 0 unspecified atom stereocenters. The third-order valence-corrected chi connectivity index (χ3v) is 9.26. The SMILES string of the molecule is Cc1ncsc1-c1ccc([C@@H](C)NC(=O)[C@@H]2C[C@@H](O)CN2C(=O)[C@@H](NC(=O)C2(F)CC2)C(C)(C)C)c(C2CC2)c1. The topological polar surface area (TPSA) is 112 Å². The van der Waals surface area contributed by atoms with E-state index in [0.717, 1.165) is 34.5 Å². The first-order valence-electron chi connectivity index (χ1n) is 14.1. The van der Waals surface area contributed by atoms with E-state index in [0.29, 0.717) is 5.92 Å². The maximum Gasteiger partial charge on any atom is 0.258 e. The number of likely N-dealkylation sites (tertiary alicyclic amines) is 1. The number of hydrogen-bond donors (Lipinski definition) is 3. The molecule has 5 rings (SSSR count). The summed E-state index contributed by atoms with van der Waals surface area (Å²) in [5, 5.41) is 16.2. The fraction of sp³-hybridized carbons (Fsp3) is 0.600. The van der Waals surface area contributed by atoms with Crippen LogP contribution in [0.15, 0.2) is 23.7 Å². The highest BCUT2D eigenvalue weighted by Gasteiger charge is 2.53. The van der Waals surface area contributed by atoms with Crippen molar-refractivity contribution in [3.05, 3.63) is 40.5 Å². The molecule has 0 spiro atoms. The molecule has 3 aliphatic rings. The van der Waals surface area contributed by atoms with Gasteiger partial charge < -0.3 is 20.6 Å². The van der Waals surface area contributed by atoms with E-state index in [4.69, 9.17) is 0 Å². The van der Waals surface area contributed by atoms with Crippen LogP contribution in [-0.4, -0.2) is 63.1 Å². The molecule has 3 amide bonds. The van der Waals surface area contributed by atoms with Crippen molar-refractivity contribution in [2.45, 2.75) is 103 Å². The number of carbonyl (C=O) groups is 3. The number of halogens is 1. The van der Waals surface area contributed by atoms with Gasteiger partial charge in [0.05, 0.1) is 28.2 Å². The number of alkyl halides is 1. The number of nitrogens with one attached hydrogen (secondary N) is 2. The van der Waals surface area contributed by atoms with Gasteiger partial charge in [0.1, 0.15) is 12.1 Å². The molecule has 10 heteroatoms. The number of aliphatic hydroxyl groups excluding tert-OH is 1. The Morgan fingerprint density at radius 3 is 2.48 bits per heavy atom. The molecule has 3 fully saturated rings. The van der Waals surface area contributed by atoms with Gasteiger partial charge in [-0.3, -0.25) is 14.4 Å². The molecule has 4 atom stereocenters. The maximum atomic E-state index is 14.4. The fourth-order valence-corrected chi connectivity index (χ4v) is 6.34. The van der Waals surface area contributed by atoms with Gasteiger partial charge >= 0.3 is 0 Å². The molecule has 40 heavy (non-hydrogen) atoms. The Morgan fingerprint density at radius 1 is 1.20 bits per heavy atom. The van der Waals surface area contributed by atoms with Gasteiger partial charge in [-0.15, -0.1) is 11.3 Å². The first-order valence-corrected chi connectivity index (χ1v) is 15.0. The molecule has 1 aromatic carbocycles. The van der Waals surface area contributed by atoms with E-state index in [2.05, 4.69) is 33.8 Å². The number of aryl methyl sites for hydroxylation is 1. The highest BCUT2D eigenvalue weighted by molar-refractivity contribution is 7.13. The number of nitrogens with zero attached hydrogens (tertiary/aromatic N) is 2. The van der Waals surface area contributed by atoms with Crippen molar-refractivity contribution < 1.29 is 23.9 Å². The third kappa shape index (κ3) is 5.79. The predicted octanol–water partition coefficient (Wildman–Crippen LogP) is 4.17. The number of benzene rings is 1. The second kappa shape index (κ2) is 10.5. The zero-order chi connectivity index (χ0) is 29.0. The van der Waals surface area contributed by atoms with E-state index in [9.17, 15) is 23.9 Å². The van der Waals surface area contributed by atoms with Crippen LogP contribution in [0.2, 0.25) is 0 Å². The minimum atomic E-state index is -1.92. The molecule has 2 heterocycles. The summed E-state index contributed by atoms with van der Waals surface area (Å²) in [6.07, 6.45) is 1.73. The lowest BCUT2D eigenvalue weighted by molar-refractivity contribution is -0.145. The van der Waals surface area contributed by atoms with E-state index in [1.54, 1.807) is 32.1 Å². The predicted molar refractivity (Wildman–Crippen MR) is 151 cm³/mol. The largest absolute Gasteiger partial charge is 0.391 e. The molecule has 2 aromatic rings. The molecule has 1 saturated heterocycles. The van der Waals surface area contributed by atoms with Crippen LogP contribution in [0.25, 0.3) is 10.4 Å². The first kappa shape index (κ1) is 28.7. The number of amides is 3. The summed E-state index contributed by atoms with van der Waals surface area (Å²) in [5.41, 5.74) is 3.57. The van der Waals surface area contributed by atoms with Crippen LogP contribution >= 0.6 is 11.3 Å². The van der Waals surface area contributed by atoms with E-state index < -0.39 is 41.1 Å². The average molecular weight is 571 g/mol. The van der Waals surface area contributed by atoms with Crippen molar-refractivity contribution in [2.75, 3.05) is 6.54 Å². The van der Waals surface area contributed by atoms with Crippen LogP contribution in [0.3, 0.4) is 0 Å². The molecular weight excluding hydrogens is 531 g/mol. The summed E-state index contributed by atoms with van der Waals surface area (Å²) in [6, 6.07) is 4.10. The molecule has 2 saturated carbocycles. The Labute approximate surface area is 238 Å². The Morgan fingerprint density at radius 2 is 1.90 bits per heavy atom. The highest BCUT2D eigenvalue weighted by Crippen LogP contribution is 2.45. The van der Waals surface area contributed by atoms with E-state index >= 15 is 0 Å². The van der Waals surface area contributed by atoms with Crippen LogP contribution < -0.4 is 10.6 Å². The Balaban J connectivity index is 1.33. The van der Waals surface area contributed by atoms with Crippen LogP contribution in [0.4, 0.5) is 4.39 Å². The molecule has 3 N–H and O–H groups in total. The van der Waals surface area contributed by atoms with Crippen LogP contribution in [0, 0.1) is 12.3 Å². The zero-order valence-electron chi connectivity index (χ0n) is 23.8. The third-order valence-electron chi connectivity index (χ3n) is 8.29. The second-order valence-electron chi connectivity index (χ2n) is 12.7. The van der Waals surface area contributed by atoms with Gasteiger partial charge in [0, 0.05) is 13.0 Å². The summed E-state index contributed by atoms with van der Waals surface area (Å²) in [4.78, 5) is 46.7. The van der Waals surface area contributed by atoms with E-state index in [1.165, 1.54) is 10.5 Å². The van der Waals surface area contributed by atoms with Crippen molar-refractivity contribution in [3.63, 3.8) is 0 Å². The van der Waals surface area contributed by atoms with Gasteiger partial charge in [-0.2, -0.15) is 0 Å². The van der Waals surface area contributed by atoms with E-state index in [1.807, 2.05) is 19.4 Å². The number of β-amino-alcohol motifs (C(OH)–C–C–N with tert-alkyl or cyclic N) is 1. The summed E-state index contributed by atoms with van der Waals surface area (Å²) >= 11 is 1.61. The lowest BCUT2D eigenvalue weighted by atomic mass is 9.85. The number of aliphatic hydroxyl groups is 1. The van der Waals surface area contributed by atoms with Gasteiger partial charge in [-0.1, -0.05) is 32.9 Å². The fourth-order valence-electron chi connectivity index (χ4n) is 5.54. The zero-order valence-corrected chi connectivity index (χ0v) is 24.6. The van der Waals surface area contributed by atoms with Gasteiger partial charge in [0.2, 0.25) is 11.8 Å². The van der Waals surface area contributed by atoms with Gasteiger partial charge in [0.15, 0.2) is 5.67 Å². The minimum absolute atomic E-state index is 0.0231. The monoisotopic (exact) mass is 570 g/mol.